The zero-order valence-electron chi connectivity index (χ0n) is 9.02. The number of esters is 1. The van der Waals surface area contributed by atoms with Crippen molar-refractivity contribution in [2.24, 2.45) is 5.92 Å². The van der Waals surface area contributed by atoms with Crippen LogP contribution in [0.4, 0.5) is 0 Å². The predicted octanol–water partition coefficient (Wildman–Crippen LogP) is 0.411. The van der Waals surface area contributed by atoms with Crippen LogP contribution >= 0.6 is 0 Å². The van der Waals surface area contributed by atoms with E-state index in [0.29, 0.717) is 18.7 Å². The molecular formula is C11H17NO3. The molecule has 3 rings (SSSR count). The third-order valence-corrected chi connectivity index (χ3v) is 3.57. The van der Waals surface area contributed by atoms with E-state index in [2.05, 4.69) is 4.90 Å². The minimum atomic E-state index is -0.0266. The first-order valence-electron chi connectivity index (χ1n) is 5.84. The van der Waals surface area contributed by atoms with Gasteiger partial charge >= 0.3 is 5.97 Å². The summed E-state index contributed by atoms with van der Waals surface area (Å²) < 4.78 is 10.3. The molecule has 3 atom stereocenters. The Morgan fingerprint density at radius 2 is 2.20 bits per heavy atom. The van der Waals surface area contributed by atoms with Crippen LogP contribution in [0.15, 0.2) is 0 Å². The Labute approximate surface area is 89.5 Å². The average molecular weight is 211 g/mol. The molecule has 1 unspecified atom stereocenters. The van der Waals surface area contributed by atoms with E-state index in [1.54, 1.807) is 0 Å². The van der Waals surface area contributed by atoms with Crippen molar-refractivity contribution in [3.63, 3.8) is 0 Å². The molecule has 1 saturated carbocycles. The zero-order chi connectivity index (χ0) is 10.4. The van der Waals surface area contributed by atoms with E-state index in [9.17, 15) is 4.79 Å². The second-order valence-corrected chi connectivity index (χ2v) is 4.66. The van der Waals surface area contributed by atoms with Crippen molar-refractivity contribution >= 4 is 5.97 Å². The van der Waals surface area contributed by atoms with Gasteiger partial charge in [0.25, 0.3) is 0 Å². The molecule has 4 nitrogen and oxygen atoms in total. The highest BCUT2D eigenvalue weighted by atomic mass is 16.5. The summed E-state index contributed by atoms with van der Waals surface area (Å²) in [7, 11) is 0. The lowest BCUT2D eigenvalue weighted by molar-refractivity contribution is -0.144. The quantitative estimate of drug-likeness (QED) is 0.499. The van der Waals surface area contributed by atoms with Gasteiger partial charge in [0.05, 0.1) is 25.9 Å². The SMILES string of the molecule is CCOC(=O)[C@@H]1[C@H](C2CC2)N1C1COC1. The van der Waals surface area contributed by atoms with Gasteiger partial charge in [0.15, 0.2) is 0 Å². The molecule has 0 aromatic heterocycles. The van der Waals surface area contributed by atoms with E-state index in [-0.39, 0.29) is 12.0 Å². The Kier molecular flexibility index (Phi) is 2.21. The number of hydrogen-bond donors (Lipinski definition) is 0. The number of rotatable bonds is 4. The van der Waals surface area contributed by atoms with Crippen LogP contribution in [0.2, 0.25) is 0 Å². The number of nitrogens with zero attached hydrogens (tertiary/aromatic N) is 1. The molecule has 0 amide bonds. The van der Waals surface area contributed by atoms with Gasteiger partial charge in [-0.15, -0.1) is 0 Å². The number of carbonyl (C=O) groups is 1. The summed E-state index contributed by atoms with van der Waals surface area (Å²) in [6.07, 6.45) is 2.56. The van der Waals surface area contributed by atoms with Crippen molar-refractivity contribution in [1.29, 1.82) is 0 Å². The smallest absolute Gasteiger partial charge is 0.325 e. The molecule has 0 spiro atoms. The largest absolute Gasteiger partial charge is 0.465 e. The summed E-state index contributed by atoms with van der Waals surface area (Å²) in [4.78, 5) is 14.0. The maximum atomic E-state index is 11.7. The first kappa shape index (κ1) is 9.60. The number of carbonyl (C=O) groups excluding carboxylic acids is 1. The standard InChI is InChI=1S/C11H17NO3/c1-2-15-11(13)10-9(7-3-4-7)12(10)8-5-14-6-8/h7-10H,2-6H2,1H3/t9-,10-,12?/m0/s1. The van der Waals surface area contributed by atoms with Crippen LogP contribution in [0.5, 0.6) is 0 Å². The summed E-state index contributed by atoms with van der Waals surface area (Å²) in [5.74, 6) is 0.723. The number of hydrogen-bond acceptors (Lipinski definition) is 4. The molecule has 15 heavy (non-hydrogen) atoms. The zero-order valence-corrected chi connectivity index (χ0v) is 9.02. The van der Waals surface area contributed by atoms with E-state index in [1.807, 2.05) is 6.92 Å². The second kappa shape index (κ2) is 3.46. The van der Waals surface area contributed by atoms with Crippen LogP contribution in [-0.2, 0) is 14.3 Å². The van der Waals surface area contributed by atoms with Gasteiger partial charge in [-0.25, -0.2) is 0 Å². The third-order valence-electron chi connectivity index (χ3n) is 3.57. The summed E-state index contributed by atoms with van der Waals surface area (Å²) in [5, 5.41) is 0. The molecule has 2 saturated heterocycles. The van der Waals surface area contributed by atoms with Gasteiger partial charge in [0, 0.05) is 6.04 Å². The van der Waals surface area contributed by atoms with Gasteiger partial charge in [-0.05, 0) is 25.7 Å². The maximum Gasteiger partial charge on any atom is 0.325 e. The Hall–Kier alpha value is -0.610. The van der Waals surface area contributed by atoms with E-state index in [4.69, 9.17) is 9.47 Å². The van der Waals surface area contributed by atoms with Crippen LogP contribution in [0.3, 0.4) is 0 Å². The molecule has 0 aromatic carbocycles. The van der Waals surface area contributed by atoms with Crippen LogP contribution in [0, 0.1) is 5.92 Å². The minimum absolute atomic E-state index is 0.0266. The van der Waals surface area contributed by atoms with Crippen molar-refractivity contribution in [2.75, 3.05) is 19.8 Å². The van der Waals surface area contributed by atoms with E-state index >= 15 is 0 Å². The summed E-state index contributed by atoms with van der Waals surface area (Å²) in [6, 6.07) is 0.995. The highest BCUT2D eigenvalue weighted by Crippen LogP contribution is 2.49. The summed E-state index contributed by atoms with van der Waals surface area (Å²) in [6.45, 7) is 3.93. The molecule has 84 valence electrons. The Morgan fingerprint density at radius 1 is 1.47 bits per heavy atom. The first-order chi connectivity index (χ1) is 7.33. The fourth-order valence-corrected chi connectivity index (χ4v) is 2.56. The van der Waals surface area contributed by atoms with Crippen LogP contribution in [-0.4, -0.2) is 48.8 Å². The molecule has 3 aliphatic rings. The lowest BCUT2D eigenvalue weighted by Crippen LogP contribution is -2.42. The summed E-state index contributed by atoms with van der Waals surface area (Å²) >= 11 is 0. The van der Waals surface area contributed by atoms with Gasteiger partial charge in [0.2, 0.25) is 0 Å². The Bertz CT molecular complexity index is 273. The molecule has 4 heteroatoms. The van der Waals surface area contributed by atoms with E-state index in [1.165, 1.54) is 12.8 Å². The second-order valence-electron chi connectivity index (χ2n) is 4.66. The Balaban J connectivity index is 1.63. The van der Waals surface area contributed by atoms with Gasteiger partial charge in [-0.3, -0.25) is 9.69 Å². The van der Waals surface area contributed by atoms with Crippen molar-refractivity contribution in [3.05, 3.63) is 0 Å². The molecule has 0 bridgehead atoms. The van der Waals surface area contributed by atoms with Crippen molar-refractivity contribution in [3.8, 4) is 0 Å². The van der Waals surface area contributed by atoms with E-state index < -0.39 is 0 Å². The van der Waals surface area contributed by atoms with Crippen molar-refractivity contribution < 1.29 is 14.3 Å². The minimum Gasteiger partial charge on any atom is -0.465 e. The Morgan fingerprint density at radius 3 is 2.67 bits per heavy atom. The number of ether oxygens (including phenoxy) is 2. The lowest BCUT2D eigenvalue weighted by atomic mass is 10.2. The van der Waals surface area contributed by atoms with Gasteiger partial charge in [0.1, 0.15) is 6.04 Å². The van der Waals surface area contributed by atoms with Crippen molar-refractivity contribution in [2.45, 2.75) is 37.9 Å². The molecule has 3 fully saturated rings. The molecule has 1 aliphatic carbocycles. The van der Waals surface area contributed by atoms with E-state index in [0.717, 1.165) is 19.1 Å². The predicted molar refractivity (Wildman–Crippen MR) is 53.4 cm³/mol. The maximum absolute atomic E-state index is 11.7. The van der Waals surface area contributed by atoms with Gasteiger partial charge in [-0.1, -0.05) is 0 Å². The van der Waals surface area contributed by atoms with Crippen LogP contribution in [0.25, 0.3) is 0 Å². The fraction of sp³-hybridized carbons (Fsp3) is 0.909. The molecule has 0 radical (unpaired) electrons. The average Bonchev–Trinajstić information content (AvgIpc) is 2.93. The third kappa shape index (κ3) is 1.56. The van der Waals surface area contributed by atoms with Gasteiger partial charge in [-0.2, -0.15) is 0 Å². The normalized spacial score (nSPS) is 39.7. The fourth-order valence-electron chi connectivity index (χ4n) is 2.56. The summed E-state index contributed by atoms with van der Waals surface area (Å²) in [5.41, 5.74) is 0. The molecular weight excluding hydrogens is 194 g/mol. The highest BCUT2D eigenvalue weighted by Gasteiger charge is 2.62. The van der Waals surface area contributed by atoms with Crippen LogP contribution < -0.4 is 0 Å². The molecule has 2 heterocycles. The monoisotopic (exact) mass is 211 g/mol. The highest BCUT2D eigenvalue weighted by molar-refractivity contribution is 5.80. The van der Waals surface area contributed by atoms with Gasteiger partial charge < -0.3 is 9.47 Å². The van der Waals surface area contributed by atoms with Crippen molar-refractivity contribution in [1.82, 2.24) is 4.90 Å². The molecule has 0 N–H and O–H groups in total. The first-order valence-corrected chi connectivity index (χ1v) is 5.84. The lowest BCUT2D eigenvalue weighted by Gasteiger charge is -2.28. The van der Waals surface area contributed by atoms with Crippen LogP contribution in [0.1, 0.15) is 19.8 Å². The topological polar surface area (TPSA) is 38.5 Å². The molecule has 0 aromatic rings. The molecule has 2 aliphatic heterocycles.